The number of benzene rings is 1. The van der Waals surface area contributed by atoms with E-state index in [2.05, 4.69) is 15.6 Å². The Hall–Kier alpha value is -3.49. The largest absolute Gasteiger partial charge is 0.465 e. The number of pyridine rings is 1. The number of rotatable bonds is 7. The normalized spacial score (nSPS) is 17.2. The molecule has 8 nitrogen and oxygen atoms in total. The molecule has 1 aliphatic heterocycles. The van der Waals surface area contributed by atoms with E-state index in [1.807, 2.05) is 4.90 Å². The summed E-state index contributed by atoms with van der Waals surface area (Å²) < 4.78 is 19.0. The molecule has 0 atom stereocenters. The molecule has 2 heterocycles. The minimum absolute atomic E-state index is 0.0487. The van der Waals surface area contributed by atoms with E-state index >= 15 is 0 Å². The van der Waals surface area contributed by atoms with Gasteiger partial charge in [0.25, 0.3) is 5.91 Å². The summed E-state index contributed by atoms with van der Waals surface area (Å²) in [7, 11) is 1.24. The van der Waals surface area contributed by atoms with Crippen LogP contribution in [0.1, 0.15) is 46.4 Å². The van der Waals surface area contributed by atoms with Crippen LogP contribution in [0.5, 0.6) is 0 Å². The monoisotopic (exact) mass is 454 g/mol. The molecule has 174 valence electrons. The van der Waals surface area contributed by atoms with E-state index in [0.717, 1.165) is 12.8 Å². The summed E-state index contributed by atoms with van der Waals surface area (Å²) in [5, 5.41) is 5.86. The highest BCUT2D eigenvalue weighted by molar-refractivity contribution is 6.00. The summed E-state index contributed by atoms with van der Waals surface area (Å²) in [6, 6.07) is 7.78. The van der Waals surface area contributed by atoms with E-state index in [-0.39, 0.29) is 23.3 Å². The molecule has 0 spiro atoms. The van der Waals surface area contributed by atoms with Crippen molar-refractivity contribution in [2.75, 3.05) is 31.6 Å². The molecule has 9 heteroatoms. The quantitative estimate of drug-likeness (QED) is 0.623. The highest BCUT2D eigenvalue weighted by atomic mass is 19.1. The van der Waals surface area contributed by atoms with Crippen LogP contribution in [0.25, 0.3) is 0 Å². The molecule has 2 aromatic rings. The number of carbonyl (C=O) groups excluding carboxylic acids is 3. The third-order valence-electron chi connectivity index (χ3n) is 6.37. The molecular weight excluding hydrogens is 427 g/mol. The number of halogens is 1. The molecule has 2 fully saturated rings. The predicted octanol–water partition coefficient (Wildman–Crippen LogP) is 2.30. The molecule has 0 unspecified atom stereocenters. The van der Waals surface area contributed by atoms with Crippen molar-refractivity contribution in [2.45, 2.75) is 31.2 Å². The van der Waals surface area contributed by atoms with Crippen LogP contribution in [-0.4, -0.2) is 55.1 Å². The predicted molar refractivity (Wildman–Crippen MR) is 119 cm³/mol. The topological polar surface area (TPSA) is 101 Å². The number of nitrogens with zero attached hydrogens (tertiary/aromatic N) is 2. The van der Waals surface area contributed by atoms with Gasteiger partial charge in [0.05, 0.1) is 12.8 Å². The molecule has 2 N–H and O–H groups in total. The van der Waals surface area contributed by atoms with Gasteiger partial charge in [-0.25, -0.2) is 9.18 Å². The summed E-state index contributed by atoms with van der Waals surface area (Å²) >= 11 is 0. The van der Waals surface area contributed by atoms with Gasteiger partial charge in [-0.3, -0.25) is 14.6 Å². The van der Waals surface area contributed by atoms with E-state index in [0.29, 0.717) is 43.7 Å². The first-order chi connectivity index (χ1) is 15.9. The van der Waals surface area contributed by atoms with Gasteiger partial charge in [0.15, 0.2) is 0 Å². The average Bonchev–Trinajstić information content (AvgIpc) is 3.63. The lowest BCUT2D eigenvalue weighted by atomic mass is 9.95. The van der Waals surface area contributed by atoms with Gasteiger partial charge in [-0.2, -0.15) is 0 Å². The van der Waals surface area contributed by atoms with Crippen molar-refractivity contribution in [1.82, 2.24) is 15.6 Å². The fourth-order valence-corrected chi connectivity index (χ4v) is 4.19. The molecule has 4 rings (SSSR count). The van der Waals surface area contributed by atoms with Gasteiger partial charge in [0.2, 0.25) is 5.91 Å². The van der Waals surface area contributed by atoms with Gasteiger partial charge in [-0.1, -0.05) is 6.07 Å². The number of piperidine rings is 1. The van der Waals surface area contributed by atoms with E-state index in [1.54, 1.807) is 36.7 Å². The standard InChI is InChI=1S/C24H27FN4O4/c1-33-22(31)20-18(25)3-2-4-19(20)29-13-7-16(8-14-29)15-27-23(32)24(9-10-24)28-21(30)17-5-11-26-12-6-17/h2-6,11-12,16H,7-10,13-15H2,1H3,(H,27,32)(H,28,30). The lowest BCUT2D eigenvalue weighted by molar-refractivity contribution is -0.124. The number of amides is 2. The Morgan fingerprint density at radius 1 is 1.15 bits per heavy atom. The first-order valence-corrected chi connectivity index (χ1v) is 11.1. The number of esters is 1. The van der Waals surface area contributed by atoms with Crippen LogP contribution in [0, 0.1) is 11.7 Å². The molecule has 1 saturated heterocycles. The minimum atomic E-state index is -0.835. The van der Waals surface area contributed by atoms with Crippen LogP contribution in [0.3, 0.4) is 0 Å². The number of ether oxygens (including phenoxy) is 1. The van der Waals surface area contributed by atoms with Crippen LogP contribution in [0.4, 0.5) is 10.1 Å². The number of anilines is 1. The molecule has 0 radical (unpaired) electrons. The van der Waals surface area contributed by atoms with E-state index in [4.69, 9.17) is 4.74 Å². The molecule has 2 aliphatic rings. The Morgan fingerprint density at radius 2 is 1.85 bits per heavy atom. The minimum Gasteiger partial charge on any atom is -0.465 e. The molecule has 1 aromatic carbocycles. The maximum absolute atomic E-state index is 14.2. The Bertz CT molecular complexity index is 1030. The van der Waals surface area contributed by atoms with Gasteiger partial charge in [-0.15, -0.1) is 0 Å². The third kappa shape index (κ3) is 4.97. The van der Waals surface area contributed by atoms with Crippen LogP contribution in [-0.2, 0) is 9.53 Å². The smallest absolute Gasteiger partial charge is 0.342 e. The molecular formula is C24H27FN4O4. The van der Waals surface area contributed by atoms with E-state index in [1.165, 1.54) is 13.2 Å². The van der Waals surface area contributed by atoms with Crippen LogP contribution >= 0.6 is 0 Å². The number of carbonyl (C=O) groups is 3. The van der Waals surface area contributed by atoms with Gasteiger partial charge in [0, 0.05) is 37.6 Å². The Balaban J connectivity index is 1.29. The van der Waals surface area contributed by atoms with Gasteiger partial charge >= 0.3 is 5.97 Å². The first-order valence-electron chi connectivity index (χ1n) is 11.1. The molecule has 1 saturated carbocycles. The lowest BCUT2D eigenvalue weighted by Gasteiger charge is -2.34. The second kappa shape index (κ2) is 9.56. The van der Waals surface area contributed by atoms with Crippen molar-refractivity contribution in [3.63, 3.8) is 0 Å². The van der Waals surface area contributed by atoms with Gasteiger partial charge in [-0.05, 0) is 55.9 Å². The Labute approximate surface area is 191 Å². The summed E-state index contributed by atoms with van der Waals surface area (Å²) in [6.07, 6.45) is 5.88. The lowest BCUT2D eigenvalue weighted by Crippen LogP contribution is -2.50. The van der Waals surface area contributed by atoms with Crippen molar-refractivity contribution in [3.05, 3.63) is 59.7 Å². The zero-order valence-electron chi connectivity index (χ0n) is 18.5. The fourth-order valence-electron chi connectivity index (χ4n) is 4.19. The zero-order chi connectivity index (χ0) is 23.4. The van der Waals surface area contributed by atoms with Gasteiger partial charge in [0.1, 0.15) is 16.9 Å². The molecule has 33 heavy (non-hydrogen) atoms. The van der Waals surface area contributed by atoms with Gasteiger partial charge < -0.3 is 20.3 Å². The molecule has 2 amide bonds. The maximum atomic E-state index is 14.2. The number of hydrogen-bond acceptors (Lipinski definition) is 6. The van der Waals surface area contributed by atoms with Crippen molar-refractivity contribution < 1.29 is 23.5 Å². The number of nitrogens with one attached hydrogen (secondary N) is 2. The van der Waals surface area contributed by atoms with Crippen molar-refractivity contribution in [1.29, 1.82) is 0 Å². The van der Waals surface area contributed by atoms with Crippen LogP contribution in [0.15, 0.2) is 42.7 Å². The summed E-state index contributed by atoms with van der Waals surface area (Å²) in [4.78, 5) is 43.1. The first kappa shape index (κ1) is 22.7. The SMILES string of the molecule is COC(=O)c1c(F)cccc1N1CCC(CNC(=O)C2(NC(=O)c3ccncc3)CC2)CC1. The maximum Gasteiger partial charge on any atom is 0.342 e. The van der Waals surface area contributed by atoms with Crippen molar-refractivity contribution >= 4 is 23.5 Å². The van der Waals surface area contributed by atoms with Crippen LogP contribution < -0.4 is 15.5 Å². The number of aromatic nitrogens is 1. The summed E-state index contributed by atoms with van der Waals surface area (Å²) in [5.74, 6) is -1.48. The molecule has 1 aliphatic carbocycles. The van der Waals surface area contributed by atoms with Crippen molar-refractivity contribution in [2.24, 2.45) is 5.92 Å². The Kier molecular flexibility index (Phi) is 6.57. The van der Waals surface area contributed by atoms with E-state index in [9.17, 15) is 18.8 Å². The van der Waals surface area contributed by atoms with Crippen LogP contribution in [0.2, 0.25) is 0 Å². The number of hydrogen-bond donors (Lipinski definition) is 2. The second-order valence-electron chi connectivity index (χ2n) is 8.54. The third-order valence-corrected chi connectivity index (χ3v) is 6.37. The summed E-state index contributed by atoms with van der Waals surface area (Å²) in [6.45, 7) is 1.78. The number of methoxy groups -OCH3 is 1. The van der Waals surface area contributed by atoms with E-state index < -0.39 is 17.3 Å². The fraction of sp³-hybridized carbons (Fsp3) is 0.417. The highest BCUT2D eigenvalue weighted by Crippen LogP contribution is 2.36. The van der Waals surface area contributed by atoms with Crippen molar-refractivity contribution in [3.8, 4) is 0 Å². The Morgan fingerprint density at radius 3 is 2.48 bits per heavy atom. The zero-order valence-corrected chi connectivity index (χ0v) is 18.5. The summed E-state index contributed by atoms with van der Waals surface area (Å²) in [5.41, 5.74) is 0.116. The second-order valence-corrected chi connectivity index (χ2v) is 8.54. The molecule has 0 bridgehead atoms. The highest BCUT2D eigenvalue weighted by Gasteiger charge is 2.51. The average molecular weight is 455 g/mol. The molecule has 1 aromatic heterocycles.